The van der Waals surface area contributed by atoms with Gasteiger partial charge in [0.25, 0.3) is 0 Å². The van der Waals surface area contributed by atoms with E-state index in [0.717, 1.165) is 45.6 Å². The van der Waals surface area contributed by atoms with Crippen LogP contribution in [0.25, 0.3) is 11.1 Å². The number of nitrogens with zero attached hydrogens (tertiary/aromatic N) is 1. The van der Waals surface area contributed by atoms with Crippen molar-refractivity contribution in [3.8, 4) is 11.1 Å². The van der Waals surface area contributed by atoms with E-state index in [2.05, 4.69) is 59.5 Å². The molecule has 1 N–H and O–H groups in total. The fourth-order valence-electron chi connectivity index (χ4n) is 5.32. The summed E-state index contributed by atoms with van der Waals surface area (Å²) in [4.78, 5) is 13.3. The number of carboxylic acids is 1. The van der Waals surface area contributed by atoms with Gasteiger partial charge in [-0.1, -0.05) is 66.7 Å². The van der Waals surface area contributed by atoms with E-state index in [1.165, 1.54) is 23.1 Å². The third-order valence-electron chi connectivity index (χ3n) is 7.12. The Morgan fingerprint density at radius 3 is 2.41 bits per heavy atom. The number of benzene rings is 2. The van der Waals surface area contributed by atoms with Crippen LogP contribution in [0.5, 0.6) is 0 Å². The Morgan fingerprint density at radius 2 is 1.68 bits per heavy atom. The van der Waals surface area contributed by atoms with Gasteiger partial charge in [-0.25, -0.2) is 0 Å². The molecule has 3 atom stereocenters. The Balaban J connectivity index is 1.34. The van der Waals surface area contributed by atoms with Crippen molar-refractivity contribution in [2.24, 2.45) is 5.92 Å². The second-order valence-electron chi connectivity index (χ2n) is 9.35. The summed E-state index contributed by atoms with van der Waals surface area (Å²) in [5, 5.41) is 8.82. The summed E-state index contributed by atoms with van der Waals surface area (Å²) in [5.74, 6) is -0.246. The molecular formula is C29H37NO4. The highest BCUT2D eigenvalue weighted by Gasteiger charge is 2.39. The predicted molar refractivity (Wildman–Crippen MR) is 135 cm³/mol. The lowest BCUT2D eigenvalue weighted by Crippen LogP contribution is -2.46. The number of ether oxygens (including phenoxy) is 2. The number of carbonyl (C=O) groups is 1. The largest absolute Gasteiger partial charge is 0.481 e. The van der Waals surface area contributed by atoms with E-state index in [1.54, 1.807) is 0 Å². The van der Waals surface area contributed by atoms with Gasteiger partial charge >= 0.3 is 5.97 Å². The lowest BCUT2D eigenvalue weighted by Gasteiger charge is -2.36. The molecule has 0 spiro atoms. The molecule has 2 aliphatic rings. The number of allylic oxidation sites excluding steroid dienone is 2. The molecule has 1 aliphatic carbocycles. The lowest BCUT2D eigenvalue weighted by atomic mass is 9.94. The highest BCUT2D eigenvalue weighted by molar-refractivity contribution is 5.66. The Hall–Kier alpha value is -2.47. The van der Waals surface area contributed by atoms with Gasteiger partial charge in [0.05, 0.1) is 25.9 Å². The Bertz CT molecular complexity index is 905. The fourth-order valence-corrected chi connectivity index (χ4v) is 5.32. The van der Waals surface area contributed by atoms with Crippen LogP contribution in [0.3, 0.4) is 0 Å². The summed E-state index contributed by atoms with van der Waals surface area (Å²) >= 11 is 0. The highest BCUT2D eigenvalue weighted by Crippen LogP contribution is 2.36. The molecule has 2 aromatic rings. The highest BCUT2D eigenvalue weighted by atomic mass is 16.5. The van der Waals surface area contributed by atoms with Crippen LogP contribution in [-0.2, 0) is 20.9 Å². The average Bonchev–Trinajstić information content (AvgIpc) is 3.28. The Morgan fingerprint density at radius 1 is 0.971 bits per heavy atom. The van der Waals surface area contributed by atoms with Gasteiger partial charge in [0, 0.05) is 31.5 Å². The molecule has 34 heavy (non-hydrogen) atoms. The summed E-state index contributed by atoms with van der Waals surface area (Å²) in [6, 6.07) is 19.7. The normalized spacial score (nSPS) is 23.5. The standard InChI is InChI=1S/C29H37NO4/c31-29(32)11-7-2-1-6-10-26-27(30-18-20-33-21-19-30)16-17-28(26)34-22-23-12-14-25(15-13-23)24-8-4-3-5-9-24/h1-5,8-9,12-15,26-28H,6-7,10-11,16-22H2,(H,31,32). The van der Waals surface area contributed by atoms with Crippen molar-refractivity contribution in [2.45, 2.75) is 57.3 Å². The van der Waals surface area contributed by atoms with Gasteiger partial charge in [0.2, 0.25) is 0 Å². The first-order valence-corrected chi connectivity index (χ1v) is 12.7. The summed E-state index contributed by atoms with van der Waals surface area (Å²) < 4.78 is 12.1. The van der Waals surface area contributed by atoms with E-state index in [4.69, 9.17) is 14.6 Å². The Labute approximate surface area is 203 Å². The van der Waals surface area contributed by atoms with E-state index >= 15 is 0 Å². The summed E-state index contributed by atoms with van der Waals surface area (Å²) in [5.41, 5.74) is 3.67. The molecule has 0 amide bonds. The van der Waals surface area contributed by atoms with E-state index < -0.39 is 5.97 Å². The number of aliphatic carboxylic acids is 1. The molecule has 182 valence electrons. The van der Waals surface area contributed by atoms with E-state index in [0.29, 0.717) is 25.0 Å². The first-order chi connectivity index (χ1) is 16.7. The van der Waals surface area contributed by atoms with Gasteiger partial charge in [-0.05, 0) is 48.8 Å². The number of hydrogen-bond acceptors (Lipinski definition) is 4. The summed E-state index contributed by atoms with van der Waals surface area (Å²) in [6.45, 7) is 4.28. The van der Waals surface area contributed by atoms with E-state index in [9.17, 15) is 4.79 Å². The smallest absolute Gasteiger partial charge is 0.303 e. The molecule has 2 fully saturated rings. The molecule has 1 saturated heterocycles. The van der Waals surface area contributed by atoms with Crippen LogP contribution in [-0.4, -0.2) is 54.4 Å². The third kappa shape index (κ3) is 7.02. The molecule has 2 aromatic carbocycles. The minimum atomic E-state index is -0.738. The summed E-state index contributed by atoms with van der Waals surface area (Å²) in [7, 11) is 0. The van der Waals surface area contributed by atoms with Crippen molar-refractivity contribution in [3.05, 3.63) is 72.3 Å². The van der Waals surface area contributed by atoms with Crippen LogP contribution >= 0.6 is 0 Å². The molecular weight excluding hydrogens is 426 g/mol. The maximum absolute atomic E-state index is 10.7. The molecule has 5 nitrogen and oxygen atoms in total. The third-order valence-corrected chi connectivity index (χ3v) is 7.12. The number of morpholine rings is 1. The van der Waals surface area contributed by atoms with Crippen molar-refractivity contribution in [3.63, 3.8) is 0 Å². The van der Waals surface area contributed by atoms with Crippen LogP contribution in [0.2, 0.25) is 0 Å². The second kappa shape index (κ2) is 12.8. The van der Waals surface area contributed by atoms with Crippen LogP contribution < -0.4 is 0 Å². The Kier molecular flexibility index (Phi) is 9.31. The first-order valence-electron chi connectivity index (χ1n) is 12.7. The van der Waals surface area contributed by atoms with Crippen LogP contribution in [0.4, 0.5) is 0 Å². The molecule has 3 unspecified atom stereocenters. The van der Waals surface area contributed by atoms with Gasteiger partial charge in [-0.3, -0.25) is 9.69 Å². The van der Waals surface area contributed by atoms with Crippen molar-refractivity contribution < 1.29 is 19.4 Å². The maximum atomic E-state index is 10.7. The van der Waals surface area contributed by atoms with Gasteiger partial charge < -0.3 is 14.6 Å². The zero-order chi connectivity index (χ0) is 23.6. The van der Waals surface area contributed by atoms with Crippen LogP contribution in [0, 0.1) is 5.92 Å². The number of hydrogen-bond donors (Lipinski definition) is 1. The fraction of sp³-hybridized carbons (Fsp3) is 0.483. The van der Waals surface area contributed by atoms with Crippen LogP contribution in [0.1, 0.15) is 44.1 Å². The van der Waals surface area contributed by atoms with Crippen molar-refractivity contribution in [2.75, 3.05) is 26.3 Å². The van der Waals surface area contributed by atoms with Gasteiger partial charge in [0.15, 0.2) is 0 Å². The van der Waals surface area contributed by atoms with E-state index in [-0.39, 0.29) is 12.5 Å². The molecule has 0 aromatic heterocycles. The monoisotopic (exact) mass is 463 g/mol. The molecule has 4 rings (SSSR count). The summed E-state index contributed by atoms with van der Waals surface area (Å²) in [6.07, 6.45) is 9.53. The molecule has 1 saturated carbocycles. The van der Waals surface area contributed by atoms with Gasteiger partial charge in [-0.2, -0.15) is 0 Å². The molecule has 1 aliphatic heterocycles. The lowest BCUT2D eigenvalue weighted by molar-refractivity contribution is -0.136. The predicted octanol–water partition coefficient (Wildman–Crippen LogP) is 5.55. The average molecular weight is 464 g/mol. The SMILES string of the molecule is O=C(O)CCC=CCCC1C(OCc2ccc(-c3ccccc3)cc2)CCC1N1CCOCC1. The van der Waals surface area contributed by atoms with Gasteiger partial charge in [-0.15, -0.1) is 0 Å². The quantitative estimate of drug-likeness (QED) is 0.443. The molecule has 5 heteroatoms. The molecule has 0 radical (unpaired) electrons. The number of carboxylic acid groups (broad SMARTS) is 1. The van der Waals surface area contributed by atoms with Gasteiger partial charge in [0.1, 0.15) is 0 Å². The molecule has 0 bridgehead atoms. The van der Waals surface area contributed by atoms with Crippen LogP contribution in [0.15, 0.2) is 66.7 Å². The zero-order valence-electron chi connectivity index (χ0n) is 20.0. The van der Waals surface area contributed by atoms with Crippen molar-refractivity contribution in [1.82, 2.24) is 4.90 Å². The second-order valence-corrected chi connectivity index (χ2v) is 9.35. The minimum Gasteiger partial charge on any atom is -0.481 e. The van der Waals surface area contributed by atoms with E-state index in [1.807, 2.05) is 12.1 Å². The molecule has 1 heterocycles. The minimum absolute atomic E-state index is 0.200. The van der Waals surface area contributed by atoms with Crippen molar-refractivity contribution in [1.29, 1.82) is 0 Å². The first kappa shape index (κ1) is 24.6. The number of rotatable bonds is 11. The zero-order valence-corrected chi connectivity index (χ0v) is 20.0. The topological polar surface area (TPSA) is 59.0 Å². The maximum Gasteiger partial charge on any atom is 0.303 e. The van der Waals surface area contributed by atoms with Crippen molar-refractivity contribution >= 4 is 5.97 Å².